The van der Waals surface area contributed by atoms with Gasteiger partial charge in [-0.2, -0.15) is 0 Å². The predicted octanol–water partition coefficient (Wildman–Crippen LogP) is 4.74. The van der Waals surface area contributed by atoms with Gasteiger partial charge in [0.15, 0.2) is 0 Å². The number of aliphatic imine (C=N–C) groups is 1. The molecule has 0 atom stereocenters. The van der Waals surface area contributed by atoms with Crippen molar-refractivity contribution < 1.29 is 9.84 Å². The standard InChI is InChI=1S/C23H24BrN3O3/c1-30-21-12-18-17(11-20(21)24)19(23(29)26-22(18)28)13-25-16-7-5-15(6-8-16)14-27-9-3-2-4-10-27/h5-8,11-13H,2-4,9-10,14H2,1H3,(H2,26,28,29). The van der Waals surface area contributed by atoms with Crippen molar-refractivity contribution in [3.63, 3.8) is 0 Å². The van der Waals surface area contributed by atoms with Crippen LogP contribution in [0, 0.1) is 0 Å². The zero-order chi connectivity index (χ0) is 21.1. The van der Waals surface area contributed by atoms with E-state index in [1.165, 1.54) is 45.0 Å². The van der Waals surface area contributed by atoms with Crippen LogP contribution in [-0.2, 0) is 6.54 Å². The molecule has 7 heteroatoms. The molecule has 4 rings (SSSR count). The summed E-state index contributed by atoms with van der Waals surface area (Å²) in [5, 5.41) is 11.3. The number of hydrogen-bond donors (Lipinski definition) is 2. The van der Waals surface area contributed by atoms with E-state index in [-0.39, 0.29) is 11.4 Å². The van der Waals surface area contributed by atoms with E-state index < -0.39 is 0 Å². The minimum atomic E-state index is -0.382. The molecule has 1 saturated heterocycles. The molecule has 1 fully saturated rings. The minimum Gasteiger partial charge on any atom is -0.496 e. The van der Waals surface area contributed by atoms with Crippen LogP contribution in [0.5, 0.6) is 11.6 Å². The molecule has 0 amide bonds. The second-order valence-electron chi connectivity index (χ2n) is 7.51. The van der Waals surface area contributed by atoms with Crippen molar-refractivity contribution in [3.8, 4) is 11.6 Å². The SMILES string of the molecule is COc1cc2c(=O)[nH]c(O)c(C=Nc3ccc(CN4CCCCC4)cc3)c2cc1Br. The molecule has 1 aliphatic heterocycles. The number of halogens is 1. The highest BCUT2D eigenvalue weighted by atomic mass is 79.9. The van der Waals surface area contributed by atoms with E-state index >= 15 is 0 Å². The Balaban J connectivity index is 1.60. The van der Waals surface area contributed by atoms with Gasteiger partial charge in [-0.15, -0.1) is 0 Å². The summed E-state index contributed by atoms with van der Waals surface area (Å²) in [6.07, 6.45) is 5.47. The van der Waals surface area contributed by atoms with Crippen molar-refractivity contribution in [3.05, 3.63) is 62.4 Å². The number of nitrogens with one attached hydrogen (secondary N) is 1. The number of rotatable bonds is 5. The van der Waals surface area contributed by atoms with Crippen molar-refractivity contribution in [2.45, 2.75) is 25.8 Å². The number of aromatic nitrogens is 1. The first-order valence-corrected chi connectivity index (χ1v) is 10.8. The van der Waals surface area contributed by atoms with E-state index in [4.69, 9.17) is 4.74 Å². The fourth-order valence-electron chi connectivity index (χ4n) is 3.82. The fraction of sp³-hybridized carbons (Fsp3) is 0.304. The Bertz CT molecular complexity index is 1130. The summed E-state index contributed by atoms with van der Waals surface area (Å²) in [4.78, 5) is 21.7. The average molecular weight is 470 g/mol. The third-order valence-electron chi connectivity index (χ3n) is 5.45. The van der Waals surface area contributed by atoms with E-state index in [0.717, 1.165) is 12.2 Å². The average Bonchev–Trinajstić information content (AvgIpc) is 2.75. The van der Waals surface area contributed by atoms with Gasteiger partial charge in [-0.25, -0.2) is 0 Å². The normalized spacial score (nSPS) is 15.1. The quantitative estimate of drug-likeness (QED) is 0.528. The van der Waals surface area contributed by atoms with Gasteiger partial charge < -0.3 is 9.84 Å². The van der Waals surface area contributed by atoms with E-state index in [0.29, 0.717) is 26.6 Å². The number of ether oxygens (including phenoxy) is 1. The van der Waals surface area contributed by atoms with E-state index in [2.05, 4.69) is 42.9 Å². The number of piperidine rings is 1. The molecule has 30 heavy (non-hydrogen) atoms. The van der Waals surface area contributed by atoms with Crippen LogP contribution in [-0.4, -0.2) is 41.4 Å². The molecular formula is C23H24BrN3O3. The summed E-state index contributed by atoms with van der Waals surface area (Å²) in [6, 6.07) is 11.5. The Morgan fingerprint density at radius 1 is 1.17 bits per heavy atom. The van der Waals surface area contributed by atoms with Crippen LogP contribution in [0.15, 0.2) is 50.7 Å². The predicted molar refractivity (Wildman–Crippen MR) is 123 cm³/mol. The Kier molecular flexibility index (Phi) is 6.20. The summed E-state index contributed by atoms with van der Waals surface area (Å²) >= 11 is 3.44. The number of benzene rings is 2. The molecule has 0 unspecified atom stereocenters. The van der Waals surface area contributed by atoms with Gasteiger partial charge in [-0.05, 0) is 71.7 Å². The van der Waals surface area contributed by atoms with E-state index in [1.54, 1.807) is 18.3 Å². The Morgan fingerprint density at radius 2 is 1.90 bits per heavy atom. The molecule has 2 N–H and O–H groups in total. The first kappa shape index (κ1) is 20.6. The van der Waals surface area contributed by atoms with Gasteiger partial charge in [0.25, 0.3) is 5.56 Å². The molecule has 3 aromatic rings. The van der Waals surface area contributed by atoms with E-state index in [1.807, 2.05) is 12.1 Å². The summed E-state index contributed by atoms with van der Waals surface area (Å²) < 4.78 is 5.97. The number of H-pyrrole nitrogens is 1. The van der Waals surface area contributed by atoms with Gasteiger partial charge in [0.1, 0.15) is 5.75 Å². The smallest absolute Gasteiger partial charge is 0.258 e. The molecule has 0 bridgehead atoms. The summed E-state index contributed by atoms with van der Waals surface area (Å²) in [7, 11) is 1.54. The van der Waals surface area contributed by atoms with Crippen molar-refractivity contribution >= 4 is 38.6 Å². The van der Waals surface area contributed by atoms with Gasteiger partial charge in [0, 0.05) is 18.1 Å². The van der Waals surface area contributed by atoms with Gasteiger partial charge in [-0.1, -0.05) is 18.6 Å². The second kappa shape index (κ2) is 9.02. The molecule has 1 aromatic heterocycles. The maximum Gasteiger partial charge on any atom is 0.258 e. The van der Waals surface area contributed by atoms with Crippen LogP contribution in [0.4, 0.5) is 5.69 Å². The molecule has 0 saturated carbocycles. The number of aromatic amines is 1. The highest BCUT2D eigenvalue weighted by Crippen LogP contribution is 2.32. The molecular weight excluding hydrogens is 446 g/mol. The lowest BCUT2D eigenvalue weighted by atomic mass is 10.1. The maximum absolute atomic E-state index is 12.3. The highest BCUT2D eigenvalue weighted by molar-refractivity contribution is 9.10. The molecule has 156 valence electrons. The van der Waals surface area contributed by atoms with Crippen LogP contribution >= 0.6 is 15.9 Å². The molecule has 6 nitrogen and oxygen atoms in total. The van der Waals surface area contributed by atoms with Gasteiger partial charge in [0.05, 0.1) is 28.2 Å². The molecule has 0 spiro atoms. The molecule has 2 heterocycles. The third-order valence-corrected chi connectivity index (χ3v) is 6.07. The first-order chi connectivity index (χ1) is 14.5. The topological polar surface area (TPSA) is 77.9 Å². The molecule has 2 aromatic carbocycles. The van der Waals surface area contributed by atoms with Crippen molar-refractivity contribution in [1.29, 1.82) is 0 Å². The molecule has 0 aliphatic carbocycles. The number of methoxy groups -OCH3 is 1. The zero-order valence-electron chi connectivity index (χ0n) is 16.8. The Morgan fingerprint density at radius 3 is 2.60 bits per heavy atom. The van der Waals surface area contributed by atoms with Crippen molar-refractivity contribution in [2.24, 2.45) is 4.99 Å². The number of nitrogens with zero attached hydrogens (tertiary/aromatic N) is 2. The third kappa shape index (κ3) is 4.42. The van der Waals surface area contributed by atoms with E-state index in [9.17, 15) is 9.90 Å². The number of likely N-dealkylation sites (tertiary alicyclic amines) is 1. The summed E-state index contributed by atoms with van der Waals surface area (Å²) in [5.41, 5.74) is 2.12. The van der Waals surface area contributed by atoms with Gasteiger partial charge in [0.2, 0.25) is 5.88 Å². The number of fused-ring (bicyclic) bond motifs is 1. The summed E-state index contributed by atoms with van der Waals surface area (Å²) in [6.45, 7) is 3.29. The Hall–Kier alpha value is -2.64. The first-order valence-electron chi connectivity index (χ1n) is 10.0. The largest absolute Gasteiger partial charge is 0.496 e. The highest BCUT2D eigenvalue weighted by Gasteiger charge is 2.13. The van der Waals surface area contributed by atoms with Crippen LogP contribution in [0.2, 0.25) is 0 Å². The summed E-state index contributed by atoms with van der Waals surface area (Å²) in [5.74, 6) is 0.334. The van der Waals surface area contributed by atoms with Crippen molar-refractivity contribution in [1.82, 2.24) is 9.88 Å². The van der Waals surface area contributed by atoms with Gasteiger partial charge >= 0.3 is 0 Å². The van der Waals surface area contributed by atoms with Gasteiger partial charge in [-0.3, -0.25) is 19.7 Å². The van der Waals surface area contributed by atoms with Crippen molar-refractivity contribution in [2.75, 3.05) is 20.2 Å². The lowest BCUT2D eigenvalue weighted by Crippen LogP contribution is -2.28. The van der Waals surface area contributed by atoms with Crippen LogP contribution in [0.1, 0.15) is 30.4 Å². The number of pyridine rings is 1. The minimum absolute atomic E-state index is 0.213. The monoisotopic (exact) mass is 469 g/mol. The van der Waals surface area contributed by atoms with Crippen LogP contribution in [0.3, 0.4) is 0 Å². The number of hydrogen-bond acceptors (Lipinski definition) is 5. The molecule has 1 aliphatic rings. The second-order valence-corrected chi connectivity index (χ2v) is 8.36. The van der Waals surface area contributed by atoms with Crippen LogP contribution < -0.4 is 10.3 Å². The van der Waals surface area contributed by atoms with Crippen LogP contribution in [0.25, 0.3) is 10.8 Å². The zero-order valence-corrected chi connectivity index (χ0v) is 18.4. The Labute approximate surface area is 183 Å². The molecule has 0 radical (unpaired) electrons. The lowest BCUT2D eigenvalue weighted by molar-refractivity contribution is 0.221. The fourth-order valence-corrected chi connectivity index (χ4v) is 4.33. The maximum atomic E-state index is 12.3. The lowest BCUT2D eigenvalue weighted by Gasteiger charge is -2.26. The number of aromatic hydroxyl groups is 1.